The van der Waals surface area contributed by atoms with Crippen LogP contribution in [0.4, 0.5) is 16.2 Å². The highest BCUT2D eigenvalue weighted by Crippen LogP contribution is 2.30. The molecule has 0 radical (unpaired) electrons. The predicted molar refractivity (Wildman–Crippen MR) is 97.7 cm³/mol. The number of nitrogens with zero attached hydrogens (tertiary/aromatic N) is 1. The number of carbonyl (C=O) groups excluding carboxylic acids is 2. The van der Waals surface area contributed by atoms with E-state index in [-0.39, 0.29) is 12.5 Å². The number of anilines is 2. The second kappa shape index (κ2) is 7.83. The van der Waals surface area contributed by atoms with Crippen LogP contribution in [0.3, 0.4) is 0 Å². The SMILES string of the molecule is CCC(=O)N1CCCc2ccc(NC(=O)OCc3ccccc3)cc21. The maximum absolute atomic E-state index is 12.1. The number of hydrogen-bond acceptors (Lipinski definition) is 3. The molecule has 130 valence electrons. The van der Waals surface area contributed by atoms with Crippen molar-refractivity contribution in [3.63, 3.8) is 0 Å². The van der Waals surface area contributed by atoms with Gasteiger partial charge in [0.2, 0.25) is 5.91 Å². The molecule has 0 saturated carbocycles. The summed E-state index contributed by atoms with van der Waals surface area (Å²) < 4.78 is 5.24. The second-order valence-electron chi connectivity index (χ2n) is 6.03. The van der Waals surface area contributed by atoms with Crippen molar-refractivity contribution in [3.05, 3.63) is 59.7 Å². The Morgan fingerprint density at radius 2 is 1.96 bits per heavy atom. The summed E-state index contributed by atoms with van der Waals surface area (Å²) >= 11 is 0. The summed E-state index contributed by atoms with van der Waals surface area (Å²) in [5.41, 5.74) is 3.59. The first kappa shape index (κ1) is 17.0. The summed E-state index contributed by atoms with van der Waals surface area (Å²) in [6.07, 6.45) is 1.87. The molecule has 0 saturated heterocycles. The Kier molecular flexibility index (Phi) is 5.33. The minimum absolute atomic E-state index is 0.102. The molecule has 5 heteroatoms. The molecule has 0 bridgehead atoms. The van der Waals surface area contributed by atoms with E-state index in [1.807, 2.05) is 55.5 Å². The Labute approximate surface area is 147 Å². The van der Waals surface area contributed by atoms with Crippen LogP contribution in [0.5, 0.6) is 0 Å². The van der Waals surface area contributed by atoms with Gasteiger partial charge in [0.25, 0.3) is 0 Å². The number of rotatable bonds is 4. The molecule has 0 spiro atoms. The van der Waals surface area contributed by atoms with Gasteiger partial charge >= 0.3 is 6.09 Å². The summed E-state index contributed by atoms with van der Waals surface area (Å²) in [7, 11) is 0. The molecule has 1 heterocycles. The Balaban J connectivity index is 1.67. The van der Waals surface area contributed by atoms with E-state index in [0.29, 0.717) is 12.1 Å². The zero-order valence-electron chi connectivity index (χ0n) is 14.3. The van der Waals surface area contributed by atoms with Crippen molar-refractivity contribution in [2.45, 2.75) is 32.8 Å². The van der Waals surface area contributed by atoms with E-state index in [9.17, 15) is 9.59 Å². The number of benzene rings is 2. The van der Waals surface area contributed by atoms with Crippen LogP contribution in [0.15, 0.2) is 48.5 Å². The zero-order valence-corrected chi connectivity index (χ0v) is 14.3. The fourth-order valence-corrected chi connectivity index (χ4v) is 2.98. The number of amides is 2. The molecule has 0 fully saturated rings. The van der Waals surface area contributed by atoms with Crippen molar-refractivity contribution in [3.8, 4) is 0 Å². The van der Waals surface area contributed by atoms with E-state index >= 15 is 0 Å². The van der Waals surface area contributed by atoms with Crippen LogP contribution in [-0.2, 0) is 22.6 Å². The molecule has 2 aromatic rings. The lowest BCUT2D eigenvalue weighted by atomic mass is 10.0. The van der Waals surface area contributed by atoms with E-state index in [0.717, 1.165) is 36.2 Å². The molecule has 0 aliphatic carbocycles. The summed E-state index contributed by atoms with van der Waals surface area (Å²) in [5, 5.41) is 2.74. The fraction of sp³-hybridized carbons (Fsp3) is 0.300. The van der Waals surface area contributed by atoms with Gasteiger partial charge in [-0.3, -0.25) is 10.1 Å². The second-order valence-corrected chi connectivity index (χ2v) is 6.03. The van der Waals surface area contributed by atoms with Gasteiger partial charge in [-0.15, -0.1) is 0 Å². The maximum atomic E-state index is 12.1. The number of aryl methyl sites for hydroxylation is 1. The average Bonchev–Trinajstić information content (AvgIpc) is 2.66. The fourth-order valence-electron chi connectivity index (χ4n) is 2.98. The van der Waals surface area contributed by atoms with E-state index in [1.54, 1.807) is 4.90 Å². The first-order chi connectivity index (χ1) is 12.2. The predicted octanol–water partition coefficient (Wildman–Crippen LogP) is 4.12. The van der Waals surface area contributed by atoms with Crippen LogP contribution in [0.1, 0.15) is 30.9 Å². The Bertz CT molecular complexity index is 759. The molecule has 1 N–H and O–H groups in total. The van der Waals surface area contributed by atoms with Crippen LogP contribution < -0.4 is 10.2 Å². The molecule has 2 aromatic carbocycles. The molecule has 1 aliphatic heterocycles. The normalized spacial score (nSPS) is 13.1. The number of fused-ring (bicyclic) bond motifs is 1. The summed E-state index contributed by atoms with van der Waals surface area (Å²) in [4.78, 5) is 26.0. The van der Waals surface area contributed by atoms with Crippen LogP contribution >= 0.6 is 0 Å². The first-order valence-electron chi connectivity index (χ1n) is 8.58. The van der Waals surface area contributed by atoms with Crippen LogP contribution in [0, 0.1) is 0 Å². The smallest absolute Gasteiger partial charge is 0.411 e. The summed E-state index contributed by atoms with van der Waals surface area (Å²) in [6.45, 7) is 2.80. The molecular weight excluding hydrogens is 316 g/mol. The Hall–Kier alpha value is -2.82. The van der Waals surface area contributed by atoms with E-state index in [4.69, 9.17) is 4.74 Å². The highest BCUT2D eigenvalue weighted by Gasteiger charge is 2.22. The van der Waals surface area contributed by atoms with Crippen molar-refractivity contribution in [1.82, 2.24) is 0 Å². The standard InChI is InChI=1S/C20H22N2O3/c1-2-19(23)22-12-6-9-16-10-11-17(13-18(16)22)21-20(24)25-14-15-7-4-3-5-8-15/h3-5,7-8,10-11,13H,2,6,9,12,14H2,1H3,(H,21,24). The van der Waals surface area contributed by atoms with Crippen molar-refractivity contribution in [1.29, 1.82) is 0 Å². The molecular formula is C20H22N2O3. The number of hydrogen-bond donors (Lipinski definition) is 1. The van der Waals surface area contributed by atoms with Gasteiger partial charge in [-0.1, -0.05) is 43.3 Å². The molecule has 2 amide bonds. The molecule has 0 aromatic heterocycles. The van der Waals surface area contributed by atoms with Crippen LogP contribution in [0.25, 0.3) is 0 Å². The zero-order chi connectivity index (χ0) is 17.6. The molecule has 5 nitrogen and oxygen atoms in total. The van der Waals surface area contributed by atoms with Crippen molar-refractivity contribution in [2.75, 3.05) is 16.8 Å². The monoisotopic (exact) mass is 338 g/mol. The first-order valence-corrected chi connectivity index (χ1v) is 8.58. The number of carbonyl (C=O) groups is 2. The lowest BCUT2D eigenvalue weighted by Gasteiger charge is -2.29. The maximum Gasteiger partial charge on any atom is 0.411 e. The van der Waals surface area contributed by atoms with Gasteiger partial charge in [-0.05, 0) is 36.1 Å². The van der Waals surface area contributed by atoms with Gasteiger partial charge in [-0.25, -0.2) is 4.79 Å². The number of nitrogens with one attached hydrogen (secondary N) is 1. The lowest BCUT2D eigenvalue weighted by molar-refractivity contribution is -0.118. The van der Waals surface area contributed by atoms with Crippen LogP contribution in [-0.4, -0.2) is 18.5 Å². The van der Waals surface area contributed by atoms with Crippen LogP contribution in [0.2, 0.25) is 0 Å². The van der Waals surface area contributed by atoms with E-state index in [2.05, 4.69) is 5.32 Å². The van der Waals surface area contributed by atoms with Gasteiger partial charge in [-0.2, -0.15) is 0 Å². The third-order valence-electron chi connectivity index (χ3n) is 4.27. The topological polar surface area (TPSA) is 58.6 Å². The average molecular weight is 338 g/mol. The summed E-state index contributed by atoms with van der Waals surface area (Å²) in [6, 6.07) is 15.2. The summed E-state index contributed by atoms with van der Waals surface area (Å²) in [5.74, 6) is 0.102. The molecule has 1 aliphatic rings. The third-order valence-corrected chi connectivity index (χ3v) is 4.27. The van der Waals surface area contributed by atoms with E-state index < -0.39 is 6.09 Å². The molecule has 25 heavy (non-hydrogen) atoms. The molecule has 3 rings (SSSR count). The van der Waals surface area contributed by atoms with Gasteiger partial charge < -0.3 is 9.64 Å². The van der Waals surface area contributed by atoms with E-state index in [1.165, 1.54) is 0 Å². The van der Waals surface area contributed by atoms with Gasteiger partial charge in [0, 0.05) is 24.3 Å². The quantitative estimate of drug-likeness (QED) is 0.912. The highest BCUT2D eigenvalue weighted by atomic mass is 16.5. The van der Waals surface area contributed by atoms with Gasteiger partial charge in [0.1, 0.15) is 6.61 Å². The van der Waals surface area contributed by atoms with Crippen molar-refractivity contribution >= 4 is 23.4 Å². The Morgan fingerprint density at radius 1 is 1.16 bits per heavy atom. The third kappa shape index (κ3) is 4.18. The minimum Gasteiger partial charge on any atom is -0.444 e. The number of ether oxygens (including phenoxy) is 1. The molecule has 0 unspecified atom stereocenters. The molecule has 0 atom stereocenters. The Morgan fingerprint density at radius 3 is 2.72 bits per heavy atom. The minimum atomic E-state index is -0.506. The van der Waals surface area contributed by atoms with Gasteiger partial charge in [0.05, 0.1) is 0 Å². The largest absolute Gasteiger partial charge is 0.444 e. The highest BCUT2D eigenvalue weighted by molar-refractivity contribution is 5.95. The van der Waals surface area contributed by atoms with Gasteiger partial charge in [0.15, 0.2) is 0 Å². The lowest BCUT2D eigenvalue weighted by Crippen LogP contribution is -2.35. The van der Waals surface area contributed by atoms with Crippen molar-refractivity contribution < 1.29 is 14.3 Å². The van der Waals surface area contributed by atoms with Crippen molar-refractivity contribution in [2.24, 2.45) is 0 Å².